The van der Waals surface area contributed by atoms with Crippen LogP contribution in [0.2, 0.25) is 0 Å². The average molecular weight is 312 g/mol. The predicted octanol–water partition coefficient (Wildman–Crippen LogP) is 6.41. The summed E-state index contributed by atoms with van der Waals surface area (Å²) in [6.07, 6.45) is 9.21. The summed E-state index contributed by atoms with van der Waals surface area (Å²) in [5, 5.41) is 2.69. The van der Waals surface area contributed by atoms with Gasteiger partial charge in [-0.25, -0.2) is 0 Å². The first-order chi connectivity index (χ1) is 11.0. The van der Waals surface area contributed by atoms with Gasteiger partial charge in [0.05, 0.1) is 0 Å². The minimum atomic E-state index is -0.187. The lowest BCUT2D eigenvalue weighted by atomic mass is 9.77. The molecule has 23 heavy (non-hydrogen) atoms. The third-order valence-electron chi connectivity index (χ3n) is 4.94. The Labute approximate surface area is 142 Å². The summed E-state index contributed by atoms with van der Waals surface area (Å²) < 4.78 is 0. The van der Waals surface area contributed by atoms with Gasteiger partial charge in [0.1, 0.15) is 0 Å². The summed E-state index contributed by atoms with van der Waals surface area (Å²) in [5.41, 5.74) is 7.80. The minimum absolute atomic E-state index is 0.187. The molecule has 0 aliphatic heterocycles. The van der Waals surface area contributed by atoms with E-state index in [0.717, 1.165) is 0 Å². The van der Waals surface area contributed by atoms with Gasteiger partial charge in [0.25, 0.3) is 0 Å². The zero-order valence-corrected chi connectivity index (χ0v) is 15.1. The summed E-state index contributed by atoms with van der Waals surface area (Å²) in [5.74, 6) is 0.416. The van der Waals surface area contributed by atoms with Gasteiger partial charge in [-0.2, -0.15) is 0 Å². The van der Waals surface area contributed by atoms with Crippen LogP contribution in [0, 0.1) is 0 Å². The largest absolute Gasteiger partial charge is 0.325 e. The van der Waals surface area contributed by atoms with Crippen molar-refractivity contribution in [2.75, 3.05) is 0 Å². The lowest BCUT2D eigenvalue weighted by Crippen LogP contribution is -2.39. The van der Waals surface area contributed by atoms with Crippen molar-refractivity contribution >= 4 is 10.8 Å². The van der Waals surface area contributed by atoms with Gasteiger partial charge in [0, 0.05) is 11.5 Å². The first-order valence-electron chi connectivity index (χ1n) is 9.30. The Kier molecular flexibility index (Phi) is 6.65. The van der Waals surface area contributed by atoms with E-state index in [1.54, 1.807) is 0 Å². The first-order valence-corrected chi connectivity index (χ1v) is 9.30. The molecule has 1 atom stereocenters. The molecule has 0 bridgehead atoms. The molecule has 0 aliphatic carbocycles. The fourth-order valence-corrected chi connectivity index (χ4v) is 3.61. The van der Waals surface area contributed by atoms with Crippen LogP contribution in [0.3, 0.4) is 0 Å². The van der Waals surface area contributed by atoms with Crippen molar-refractivity contribution < 1.29 is 0 Å². The molecule has 2 aromatic rings. The van der Waals surface area contributed by atoms with E-state index >= 15 is 0 Å². The van der Waals surface area contributed by atoms with Crippen LogP contribution in [0.5, 0.6) is 0 Å². The van der Waals surface area contributed by atoms with Crippen LogP contribution in [0.4, 0.5) is 0 Å². The van der Waals surface area contributed by atoms with Crippen molar-refractivity contribution in [2.24, 2.45) is 5.73 Å². The lowest BCUT2D eigenvalue weighted by molar-refractivity contribution is 0.378. The summed E-state index contributed by atoms with van der Waals surface area (Å²) in [7, 11) is 0. The maximum atomic E-state index is 6.57. The second-order valence-electron chi connectivity index (χ2n) is 7.50. The molecule has 0 fully saturated rings. The molecule has 1 unspecified atom stereocenters. The van der Waals surface area contributed by atoms with E-state index in [9.17, 15) is 0 Å². The van der Waals surface area contributed by atoms with Crippen LogP contribution >= 0.6 is 0 Å². The number of unbranched alkanes of at least 4 members (excludes halogenated alkanes) is 5. The van der Waals surface area contributed by atoms with E-state index in [0.29, 0.717) is 5.92 Å². The van der Waals surface area contributed by atoms with E-state index in [4.69, 9.17) is 5.73 Å². The SMILES string of the molecule is CCCCCCCCC(c1cccc2ccccc12)C(C)(C)N. The Morgan fingerprint density at radius 3 is 2.26 bits per heavy atom. The molecule has 0 radical (unpaired) electrons. The quantitative estimate of drug-likeness (QED) is 0.532. The number of rotatable bonds is 9. The van der Waals surface area contributed by atoms with Gasteiger partial charge in [-0.1, -0.05) is 87.9 Å². The second-order valence-corrected chi connectivity index (χ2v) is 7.50. The molecule has 0 spiro atoms. The number of hydrogen-bond donors (Lipinski definition) is 1. The van der Waals surface area contributed by atoms with Crippen molar-refractivity contribution in [3.63, 3.8) is 0 Å². The number of hydrogen-bond acceptors (Lipinski definition) is 1. The highest BCUT2D eigenvalue weighted by atomic mass is 14.7. The van der Waals surface area contributed by atoms with E-state index in [1.807, 2.05) is 0 Å². The van der Waals surface area contributed by atoms with Crippen molar-refractivity contribution in [3.8, 4) is 0 Å². The Hall–Kier alpha value is -1.34. The smallest absolute Gasteiger partial charge is 0.0166 e. The predicted molar refractivity (Wildman–Crippen MR) is 103 cm³/mol. The number of benzene rings is 2. The molecule has 0 aliphatic rings. The van der Waals surface area contributed by atoms with Crippen molar-refractivity contribution in [3.05, 3.63) is 48.0 Å². The van der Waals surface area contributed by atoms with Crippen molar-refractivity contribution in [2.45, 2.75) is 77.2 Å². The number of nitrogens with two attached hydrogens (primary N) is 1. The van der Waals surface area contributed by atoms with Gasteiger partial charge < -0.3 is 5.73 Å². The van der Waals surface area contributed by atoms with E-state index in [1.165, 1.54) is 61.3 Å². The summed E-state index contributed by atoms with van der Waals surface area (Å²) in [4.78, 5) is 0. The summed E-state index contributed by atoms with van der Waals surface area (Å²) in [6.45, 7) is 6.63. The Morgan fingerprint density at radius 1 is 0.870 bits per heavy atom. The molecule has 126 valence electrons. The normalized spacial score (nSPS) is 13.4. The zero-order valence-electron chi connectivity index (χ0n) is 15.1. The molecule has 2 aromatic carbocycles. The van der Waals surface area contributed by atoms with Gasteiger partial charge in [-0.05, 0) is 36.6 Å². The maximum Gasteiger partial charge on any atom is 0.0166 e. The summed E-state index contributed by atoms with van der Waals surface area (Å²) in [6, 6.07) is 15.3. The van der Waals surface area contributed by atoms with Crippen LogP contribution in [0.15, 0.2) is 42.5 Å². The average Bonchev–Trinajstić information content (AvgIpc) is 2.53. The van der Waals surface area contributed by atoms with Gasteiger partial charge >= 0.3 is 0 Å². The third kappa shape index (κ3) is 5.07. The molecule has 0 saturated heterocycles. The standard InChI is InChI=1S/C22H33N/c1-4-5-6-7-8-9-17-21(22(2,3)23)20-16-12-14-18-13-10-11-15-19(18)20/h10-16,21H,4-9,17,23H2,1-3H3. The monoisotopic (exact) mass is 311 g/mol. The third-order valence-corrected chi connectivity index (χ3v) is 4.94. The highest BCUT2D eigenvalue weighted by molar-refractivity contribution is 5.86. The van der Waals surface area contributed by atoms with Crippen LogP contribution in [0.1, 0.15) is 77.2 Å². The fraction of sp³-hybridized carbons (Fsp3) is 0.545. The topological polar surface area (TPSA) is 26.0 Å². The summed E-state index contributed by atoms with van der Waals surface area (Å²) >= 11 is 0. The molecular weight excluding hydrogens is 278 g/mol. The second kappa shape index (κ2) is 8.49. The molecule has 2 N–H and O–H groups in total. The molecule has 2 rings (SSSR count). The first kappa shape index (κ1) is 18.0. The molecular formula is C22H33N. The lowest BCUT2D eigenvalue weighted by Gasteiger charge is -2.32. The van der Waals surface area contributed by atoms with Crippen LogP contribution in [-0.2, 0) is 0 Å². The minimum Gasteiger partial charge on any atom is -0.325 e. The van der Waals surface area contributed by atoms with E-state index in [-0.39, 0.29) is 5.54 Å². The van der Waals surface area contributed by atoms with Gasteiger partial charge in [-0.3, -0.25) is 0 Å². The van der Waals surface area contributed by atoms with Crippen LogP contribution in [-0.4, -0.2) is 5.54 Å². The molecule has 0 heterocycles. The van der Waals surface area contributed by atoms with E-state index < -0.39 is 0 Å². The van der Waals surface area contributed by atoms with E-state index in [2.05, 4.69) is 63.2 Å². The zero-order chi connectivity index (χ0) is 16.7. The van der Waals surface area contributed by atoms with Crippen molar-refractivity contribution in [1.29, 1.82) is 0 Å². The number of fused-ring (bicyclic) bond motifs is 1. The molecule has 0 aromatic heterocycles. The van der Waals surface area contributed by atoms with Gasteiger partial charge in [0.2, 0.25) is 0 Å². The Morgan fingerprint density at radius 2 is 1.52 bits per heavy atom. The van der Waals surface area contributed by atoms with Crippen LogP contribution in [0.25, 0.3) is 10.8 Å². The highest BCUT2D eigenvalue weighted by Gasteiger charge is 2.27. The van der Waals surface area contributed by atoms with Gasteiger partial charge in [-0.15, -0.1) is 0 Å². The molecule has 0 amide bonds. The molecule has 1 heteroatoms. The van der Waals surface area contributed by atoms with Crippen LogP contribution < -0.4 is 5.73 Å². The molecule has 1 nitrogen and oxygen atoms in total. The van der Waals surface area contributed by atoms with Crippen molar-refractivity contribution in [1.82, 2.24) is 0 Å². The fourth-order valence-electron chi connectivity index (χ4n) is 3.61. The Balaban J connectivity index is 2.12. The Bertz CT molecular complexity index is 589. The van der Waals surface area contributed by atoms with Gasteiger partial charge in [0.15, 0.2) is 0 Å². The molecule has 0 saturated carbocycles. The maximum absolute atomic E-state index is 6.57. The highest BCUT2D eigenvalue weighted by Crippen LogP contribution is 2.35.